The van der Waals surface area contributed by atoms with Crippen LogP contribution in [0.15, 0.2) is 46.9 Å². The molecule has 2 rings (SSSR count). The first-order chi connectivity index (χ1) is 8.67. The number of rotatable bonds is 4. The topological polar surface area (TPSA) is 12.0 Å². The summed E-state index contributed by atoms with van der Waals surface area (Å²) in [5.74, 6) is 0.247. The molecule has 0 radical (unpaired) electrons. The molecule has 0 aromatic heterocycles. The lowest BCUT2D eigenvalue weighted by atomic mass is 10.2. The third-order valence-corrected chi connectivity index (χ3v) is 3.27. The van der Waals surface area contributed by atoms with Gasteiger partial charge >= 0.3 is 0 Å². The average molecular weight is 329 g/mol. The van der Waals surface area contributed by atoms with Gasteiger partial charge in [-0.15, -0.1) is 11.6 Å². The average Bonchev–Trinajstić information content (AvgIpc) is 2.35. The maximum Gasteiger partial charge on any atom is 0.124 e. The minimum atomic E-state index is -0.240. The minimum absolute atomic E-state index is 0.240. The smallest absolute Gasteiger partial charge is 0.124 e. The Morgan fingerprint density at radius 2 is 1.94 bits per heavy atom. The molecule has 0 aliphatic carbocycles. The van der Waals surface area contributed by atoms with E-state index in [0.29, 0.717) is 12.4 Å². The Bertz CT molecular complexity index is 525. The fourth-order valence-corrected chi connectivity index (χ4v) is 2.36. The zero-order valence-corrected chi connectivity index (χ0v) is 11.9. The summed E-state index contributed by atoms with van der Waals surface area (Å²) in [5.41, 5.74) is 2.92. The van der Waals surface area contributed by atoms with Crippen LogP contribution >= 0.6 is 27.5 Å². The lowest BCUT2D eigenvalue weighted by molar-refractivity contribution is 0.625. The predicted octanol–water partition coefficient (Wildman–Crippen LogP) is 4.94. The minimum Gasteiger partial charge on any atom is -0.381 e. The van der Waals surface area contributed by atoms with Gasteiger partial charge in [0.25, 0.3) is 0 Å². The molecule has 1 nitrogen and oxygen atoms in total. The van der Waals surface area contributed by atoms with Gasteiger partial charge in [0.05, 0.1) is 0 Å². The Kier molecular flexibility index (Phi) is 4.61. The maximum absolute atomic E-state index is 13.2. The lowest BCUT2D eigenvalue weighted by Gasteiger charge is -2.08. The molecule has 0 atom stereocenters. The zero-order valence-electron chi connectivity index (χ0n) is 9.59. The van der Waals surface area contributed by atoms with Crippen molar-refractivity contribution < 1.29 is 4.39 Å². The Morgan fingerprint density at radius 1 is 1.11 bits per heavy atom. The summed E-state index contributed by atoms with van der Waals surface area (Å²) in [6.45, 7) is 0.572. The first-order valence-electron chi connectivity index (χ1n) is 5.51. The van der Waals surface area contributed by atoms with Gasteiger partial charge in [-0.05, 0) is 41.5 Å². The van der Waals surface area contributed by atoms with Crippen LogP contribution in [-0.4, -0.2) is 0 Å². The fraction of sp³-hybridized carbons (Fsp3) is 0.143. The molecule has 0 unspecified atom stereocenters. The van der Waals surface area contributed by atoms with Gasteiger partial charge in [0.1, 0.15) is 5.82 Å². The van der Waals surface area contributed by atoms with Crippen molar-refractivity contribution in [1.29, 1.82) is 0 Å². The maximum atomic E-state index is 13.2. The van der Waals surface area contributed by atoms with E-state index in [1.807, 2.05) is 30.3 Å². The molecule has 0 saturated carbocycles. The largest absolute Gasteiger partial charge is 0.381 e. The van der Waals surface area contributed by atoms with Crippen LogP contribution < -0.4 is 5.32 Å². The Morgan fingerprint density at radius 3 is 2.67 bits per heavy atom. The van der Waals surface area contributed by atoms with E-state index < -0.39 is 0 Å². The van der Waals surface area contributed by atoms with Gasteiger partial charge in [0, 0.05) is 22.6 Å². The molecular formula is C14H12BrClFN. The van der Waals surface area contributed by atoms with Crippen molar-refractivity contribution in [3.05, 3.63) is 63.9 Å². The zero-order chi connectivity index (χ0) is 13.0. The summed E-state index contributed by atoms with van der Waals surface area (Å²) < 4.78 is 13.9. The number of alkyl halides is 1. The number of benzene rings is 2. The van der Waals surface area contributed by atoms with Gasteiger partial charge < -0.3 is 5.32 Å². The van der Waals surface area contributed by atoms with Crippen molar-refractivity contribution in [1.82, 2.24) is 0 Å². The second kappa shape index (κ2) is 6.21. The van der Waals surface area contributed by atoms with E-state index in [2.05, 4.69) is 21.2 Å². The molecule has 0 saturated heterocycles. The van der Waals surface area contributed by atoms with Gasteiger partial charge in [-0.3, -0.25) is 0 Å². The Labute approximate surface area is 119 Å². The fourth-order valence-electron chi connectivity index (χ4n) is 1.68. The van der Waals surface area contributed by atoms with Gasteiger partial charge in [-0.25, -0.2) is 4.39 Å². The molecule has 0 spiro atoms. The lowest BCUT2D eigenvalue weighted by Crippen LogP contribution is -2.00. The van der Waals surface area contributed by atoms with E-state index in [-0.39, 0.29) is 5.82 Å². The van der Waals surface area contributed by atoms with Crippen LogP contribution in [0.4, 0.5) is 10.1 Å². The second-order valence-corrected chi connectivity index (χ2v) is 5.15. The van der Waals surface area contributed by atoms with Crippen LogP contribution in [0.5, 0.6) is 0 Å². The predicted molar refractivity (Wildman–Crippen MR) is 77.4 cm³/mol. The molecule has 18 heavy (non-hydrogen) atoms. The first-order valence-corrected chi connectivity index (χ1v) is 6.84. The highest BCUT2D eigenvalue weighted by Gasteiger charge is 2.00. The molecule has 4 heteroatoms. The van der Waals surface area contributed by atoms with Gasteiger partial charge in [-0.2, -0.15) is 0 Å². The number of halogens is 3. The van der Waals surface area contributed by atoms with E-state index in [9.17, 15) is 4.39 Å². The first kappa shape index (κ1) is 13.4. The normalized spacial score (nSPS) is 10.4. The van der Waals surface area contributed by atoms with Crippen LogP contribution in [0.25, 0.3) is 0 Å². The van der Waals surface area contributed by atoms with Crippen molar-refractivity contribution in [3.8, 4) is 0 Å². The van der Waals surface area contributed by atoms with Crippen LogP contribution in [0.3, 0.4) is 0 Å². The van der Waals surface area contributed by atoms with Gasteiger partial charge in [0.2, 0.25) is 0 Å². The van der Waals surface area contributed by atoms with Gasteiger partial charge in [-0.1, -0.05) is 28.1 Å². The highest BCUT2D eigenvalue weighted by Crippen LogP contribution is 2.17. The van der Waals surface area contributed by atoms with E-state index in [1.54, 1.807) is 0 Å². The molecule has 0 amide bonds. The molecule has 0 heterocycles. The molecule has 0 aliphatic rings. The quantitative estimate of drug-likeness (QED) is 0.784. The third kappa shape index (κ3) is 3.72. The standard InChI is InChI=1S/C14H12BrClFN/c15-12-4-11(5-13(17)7-12)9-18-14-3-1-2-10(6-14)8-16/h1-7,18H,8-9H2. The summed E-state index contributed by atoms with van der Waals surface area (Å²) in [5, 5.41) is 3.24. The summed E-state index contributed by atoms with van der Waals surface area (Å²) in [6.07, 6.45) is 0. The second-order valence-electron chi connectivity index (χ2n) is 3.97. The molecule has 0 aliphatic heterocycles. The third-order valence-electron chi connectivity index (χ3n) is 2.50. The Hall–Kier alpha value is -1.06. The molecular weight excluding hydrogens is 317 g/mol. The summed E-state index contributed by atoms with van der Waals surface area (Å²) in [4.78, 5) is 0. The number of hydrogen-bond donors (Lipinski definition) is 1. The molecule has 0 fully saturated rings. The van der Waals surface area contributed by atoms with Crippen molar-refractivity contribution in [2.75, 3.05) is 5.32 Å². The van der Waals surface area contributed by atoms with Crippen LogP contribution in [-0.2, 0) is 12.4 Å². The highest BCUT2D eigenvalue weighted by molar-refractivity contribution is 9.10. The van der Waals surface area contributed by atoms with Crippen LogP contribution in [0, 0.1) is 5.82 Å². The monoisotopic (exact) mass is 327 g/mol. The summed E-state index contributed by atoms with van der Waals surface area (Å²) >= 11 is 9.05. The molecule has 2 aromatic carbocycles. The van der Waals surface area contributed by atoms with Crippen LogP contribution in [0.1, 0.15) is 11.1 Å². The van der Waals surface area contributed by atoms with Crippen LogP contribution in [0.2, 0.25) is 0 Å². The van der Waals surface area contributed by atoms with Crippen molar-refractivity contribution >= 4 is 33.2 Å². The van der Waals surface area contributed by atoms with Crippen molar-refractivity contribution in [3.63, 3.8) is 0 Å². The Balaban J connectivity index is 2.06. The van der Waals surface area contributed by atoms with E-state index in [1.165, 1.54) is 12.1 Å². The summed E-state index contributed by atoms with van der Waals surface area (Å²) in [6, 6.07) is 12.7. The SMILES string of the molecule is Fc1cc(Br)cc(CNc2cccc(CCl)c2)c1. The van der Waals surface area contributed by atoms with Crippen molar-refractivity contribution in [2.24, 2.45) is 0 Å². The highest BCUT2D eigenvalue weighted by atomic mass is 79.9. The molecule has 1 N–H and O–H groups in total. The molecule has 2 aromatic rings. The number of anilines is 1. The van der Waals surface area contributed by atoms with Gasteiger partial charge in [0.15, 0.2) is 0 Å². The van der Waals surface area contributed by atoms with E-state index in [4.69, 9.17) is 11.6 Å². The number of hydrogen-bond acceptors (Lipinski definition) is 1. The molecule has 94 valence electrons. The summed E-state index contributed by atoms with van der Waals surface area (Å²) in [7, 11) is 0. The van der Waals surface area contributed by atoms with Crippen molar-refractivity contribution in [2.45, 2.75) is 12.4 Å². The van der Waals surface area contributed by atoms with E-state index in [0.717, 1.165) is 21.3 Å². The van der Waals surface area contributed by atoms with E-state index >= 15 is 0 Å². The number of nitrogens with one attached hydrogen (secondary N) is 1. The molecule has 0 bridgehead atoms.